The molecule has 136 valence electrons. The third kappa shape index (κ3) is 4.96. The second-order valence-corrected chi connectivity index (χ2v) is 8.30. The number of nitrogens with one attached hydrogen (secondary N) is 1. The van der Waals surface area contributed by atoms with E-state index >= 15 is 0 Å². The number of hydrogen-bond acceptors (Lipinski definition) is 3. The molecule has 4 nitrogen and oxygen atoms in total. The van der Waals surface area contributed by atoms with Crippen LogP contribution in [0.15, 0.2) is 22.5 Å². The molecule has 1 atom stereocenters. The molecule has 1 aromatic heterocycles. The molecule has 0 radical (unpaired) electrons. The van der Waals surface area contributed by atoms with Crippen LogP contribution in [0.2, 0.25) is 0 Å². The Bertz CT molecular complexity index is 505. The van der Waals surface area contributed by atoms with Crippen molar-refractivity contribution in [2.45, 2.75) is 39.5 Å². The summed E-state index contributed by atoms with van der Waals surface area (Å²) in [6.45, 7) is 15.8. The van der Waals surface area contributed by atoms with Gasteiger partial charge in [-0.3, -0.25) is 4.99 Å². The summed E-state index contributed by atoms with van der Waals surface area (Å²) in [6.07, 6.45) is 1.27. The van der Waals surface area contributed by atoms with Gasteiger partial charge < -0.3 is 15.1 Å². The lowest BCUT2D eigenvalue weighted by atomic mass is 9.91. The number of hydrogen-bond donors (Lipinski definition) is 1. The van der Waals surface area contributed by atoms with Gasteiger partial charge in [-0.15, -0.1) is 11.3 Å². The molecule has 24 heavy (non-hydrogen) atoms. The van der Waals surface area contributed by atoms with Crippen LogP contribution < -0.4 is 5.32 Å². The number of thiophene rings is 1. The highest BCUT2D eigenvalue weighted by molar-refractivity contribution is 7.10. The summed E-state index contributed by atoms with van der Waals surface area (Å²) >= 11 is 1.83. The zero-order valence-electron chi connectivity index (χ0n) is 16.0. The molecule has 0 saturated carbocycles. The highest BCUT2D eigenvalue weighted by atomic mass is 32.1. The largest absolute Gasteiger partial charge is 0.355 e. The van der Waals surface area contributed by atoms with E-state index in [1.807, 2.05) is 18.4 Å². The molecule has 0 bridgehead atoms. The van der Waals surface area contributed by atoms with E-state index in [1.165, 1.54) is 17.8 Å². The first-order valence-electron chi connectivity index (χ1n) is 9.22. The van der Waals surface area contributed by atoms with Crippen LogP contribution >= 0.6 is 11.3 Å². The number of aliphatic imine (C=N–C) groups is 1. The first kappa shape index (κ1) is 19.3. The van der Waals surface area contributed by atoms with Crippen LogP contribution in [-0.4, -0.2) is 62.1 Å². The Kier molecular flexibility index (Phi) is 7.11. The van der Waals surface area contributed by atoms with Gasteiger partial charge in [0.05, 0.1) is 0 Å². The average Bonchev–Trinajstić information content (AvgIpc) is 3.25. The van der Waals surface area contributed by atoms with E-state index in [0.29, 0.717) is 0 Å². The number of rotatable bonds is 7. The van der Waals surface area contributed by atoms with Crippen LogP contribution in [0.5, 0.6) is 0 Å². The average molecular weight is 351 g/mol. The van der Waals surface area contributed by atoms with Gasteiger partial charge in [0.2, 0.25) is 0 Å². The minimum absolute atomic E-state index is 0.129. The minimum atomic E-state index is 0.129. The van der Waals surface area contributed by atoms with Gasteiger partial charge in [0, 0.05) is 43.5 Å². The van der Waals surface area contributed by atoms with Crippen molar-refractivity contribution in [2.75, 3.05) is 46.3 Å². The number of nitrogens with zero attached hydrogens (tertiary/aromatic N) is 3. The molecule has 1 unspecified atom stereocenters. The van der Waals surface area contributed by atoms with Crippen molar-refractivity contribution >= 4 is 17.3 Å². The summed E-state index contributed by atoms with van der Waals surface area (Å²) < 4.78 is 0. The maximum atomic E-state index is 4.53. The lowest BCUT2D eigenvalue weighted by Gasteiger charge is -2.28. The molecular weight excluding hydrogens is 316 g/mol. The predicted octanol–water partition coefficient (Wildman–Crippen LogP) is 3.26. The van der Waals surface area contributed by atoms with Gasteiger partial charge in [0.15, 0.2) is 5.96 Å². The van der Waals surface area contributed by atoms with E-state index in [0.717, 1.165) is 44.6 Å². The van der Waals surface area contributed by atoms with E-state index in [2.05, 4.69) is 65.3 Å². The summed E-state index contributed by atoms with van der Waals surface area (Å²) in [4.78, 5) is 10.9. The predicted molar refractivity (Wildman–Crippen MR) is 106 cm³/mol. The molecule has 2 rings (SSSR count). The van der Waals surface area contributed by atoms with E-state index in [1.54, 1.807) is 0 Å². The lowest BCUT2D eigenvalue weighted by Crippen LogP contribution is -2.45. The lowest BCUT2D eigenvalue weighted by molar-refractivity contribution is 0.255. The fraction of sp³-hybridized carbons (Fsp3) is 0.737. The Labute approximate surface area is 152 Å². The number of likely N-dealkylation sites (tertiary alicyclic amines) is 1. The highest BCUT2D eigenvalue weighted by Crippen LogP contribution is 2.27. The van der Waals surface area contributed by atoms with Crippen LogP contribution in [0, 0.1) is 5.92 Å². The van der Waals surface area contributed by atoms with Crippen LogP contribution in [0.3, 0.4) is 0 Å². The zero-order chi connectivity index (χ0) is 17.6. The van der Waals surface area contributed by atoms with Gasteiger partial charge in [-0.05, 0) is 36.9 Å². The fourth-order valence-electron chi connectivity index (χ4n) is 3.40. The summed E-state index contributed by atoms with van der Waals surface area (Å²) in [5.41, 5.74) is 0.129. The van der Waals surface area contributed by atoms with Gasteiger partial charge in [-0.2, -0.15) is 0 Å². The second-order valence-electron chi connectivity index (χ2n) is 7.35. The third-order valence-corrected chi connectivity index (χ3v) is 6.32. The molecule has 1 aliphatic heterocycles. The quantitative estimate of drug-likeness (QED) is 0.605. The Balaban J connectivity index is 1.86. The van der Waals surface area contributed by atoms with Crippen LogP contribution in [0.1, 0.15) is 39.0 Å². The molecule has 0 aliphatic carbocycles. The van der Waals surface area contributed by atoms with E-state index in [9.17, 15) is 0 Å². The zero-order valence-corrected chi connectivity index (χ0v) is 16.8. The SMILES string of the molecule is CCN(CC)CC1CCN(C(=NC)NCC(C)(C)c2cccs2)C1. The standard InChI is InChI=1S/C19H34N4S/c1-6-22(7-2)13-16-10-11-23(14-16)18(20-5)21-15-19(3,4)17-9-8-12-24-17/h8-9,12,16H,6-7,10-11,13-15H2,1-5H3,(H,20,21). The molecular formula is C19H34N4S. The summed E-state index contributed by atoms with van der Waals surface area (Å²) in [5, 5.41) is 5.77. The topological polar surface area (TPSA) is 30.9 Å². The normalized spacial score (nSPS) is 19.3. The Morgan fingerprint density at radius 3 is 2.75 bits per heavy atom. The second kappa shape index (κ2) is 8.86. The molecule has 2 heterocycles. The van der Waals surface area contributed by atoms with Crippen LogP contribution in [0.4, 0.5) is 0 Å². The van der Waals surface area contributed by atoms with E-state index in [-0.39, 0.29) is 5.41 Å². The molecule has 0 spiro atoms. The molecule has 1 aliphatic rings. The maximum absolute atomic E-state index is 4.53. The summed E-state index contributed by atoms with van der Waals surface area (Å²) in [5.74, 6) is 1.82. The van der Waals surface area contributed by atoms with Crippen molar-refractivity contribution in [3.8, 4) is 0 Å². The molecule has 5 heteroatoms. The Morgan fingerprint density at radius 1 is 1.42 bits per heavy atom. The van der Waals surface area contributed by atoms with Crippen molar-refractivity contribution in [3.05, 3.63) is 22.4 Å². The van der Waals surface area contributed by atoms with Gasteiger partial charge in [0.25, 0.3) is 0 Å². The van der Waals surface area contributed by atoms with E-state index in [4.69, 9.17) is 0 Å². The van der Waals surface area contributed by atoms with Crippen molar-refractivity contribution in [3.63, 3.8) is 0 Å². The van der Waals surface area contributed by atoms with Gasteiger partial charge >= 0.3 is 0 Å². The van der Waals surface area contributed by atoms with Crippen molar-refractivity contribution in [2.24, 2.45) is 10.9 Å². The fourth-order valence-corrected chi connectivity index (χ4v) is 4.26. The van der Waals surface area contributed by atoms with Crippen molar-refractivity contribution in [1.82, 2.24) is 15.1 Å². The monoisotopic (exact) mass is 350 g/mol. The van der Waals surface area contributed by atoms with E-state index < -0.39 is 0 Å². The van der Waals surface area contributed by atoms with Crippen LogP contribution in [0.25, 0.3) is 0 Å². The molecule has 1 N–H and O–H groups in total. The van der Waals surface area contributed by atoms with Crippen LogP contribution in [-0.2, 0) is 5.41 Å². The smallest absolute Gasteiger partial charge is 0.193 e. The number of guanidine groups is 1. The van der Waals surface area contributed by atoms with Gasteiger partial charge in [-0.1, -0.05) is 33.8 Å². The van der Waals surface area contributed by atoms with Crippen molar-refractivity contribution in [1.29, 1.82) is 0 Å². The first-order valence-corrected chi connectivity index (χ1v) is 10.1. The van der Waals surface area contributed by atoms with Crippen molar-refractivity contribution < 1.29 is 0 Å². The first-order chi connectivity index (χ1) is 11.5. The third-order valence-electron chi connectivity index (χ3n) is 5.08. The molecule has 1 aromatic rings. The summed E-state index contributed by atoms with van der Waals surface area (Å²) in [7, 11) is 1.90. The molecule has 0 aromatic carbocycles. The Morgan fingerprint density at radius 2 is 2.17 bits per heavy atom. The highest BCUT2D eigenvalue weighted by Gasteiger charge is 2.28. The molecule has 1 saturated heterocycles. The van der Waals surface area contributed by atoms with Gasteiger partial charge in [-0.25, -0.2) is 0 Å². The Hall–Kier alpha value is -1.07. The molecule has 1 fully saturated rings. The summed E-state index contributed by atoms with van der Waals surface area (Å²) in [6, 6.07) is 4.36. The van der Waals surface area contributed by atoms with Gasteiger partial charge in [0.1, 0.15) is 0 Å². The minimum Gasteiger partial charge on any atom is -0.355 e. The maximum Gasteiger partial charge on any atom is 0.193 e. The molecule has 0 amide bonds.